The van der Waals surface area contributed by atoms with Gasteiger partial charge in [-0.15, -0.1) is 0 Å². The summed E-state index contributed by atoms with van der Waals surface area (Å²) in [5, 5.41) is 15.4. The maximum absolute atomic E-state index is 11.8. The molecule has 106 valence electrons. The van der Waals surface area contributed by atoms with E-state index in [1.165, 1.54) is 29.3 Å². The number of amides is 1. The third-order valence-electron chi connectivity index (χ3n) is 3.43. The van der Waals surface area contributed by atoms with Gasteiger partial charge < -0.3 is 5.32 Å². The number of nitrogens with zero attached hydrogens (tertiary/aromatic N) is 4. The van der Waals surface area contributed by atoms with E-state index in [1.807, 2.05) is 18.3 Å². The number of nitriles is 1. The Morgan fingerprint density at radius 1 is 1.43 bits per heavy atom. The fraction of sp³-hybridized carbons (Fsp3) is 0.333. The van der Waals surface area contributed by atoms with Crippen LogP contribution in [0.1, 0.15) is 35.6 Å². The maximum atomic E-state index is 11.8. The molecular weight excluding hydrogens is 266 g/mol. The second-order valence-corrected chi connectivity index (χ2v) is 5.17. The monoisotopic (exact) mass is 281 g/mol. The molecule has 1 saturated carbocycles. The first-order chi connectivity index (χ1) is 10.2. The molecule has 1 amide bonds. The fourth-order valence-electron chi connectivity index (χ4n) is 2.10. The van der Waals surface area contributed by atoms with Gasteiger partial charge in [-0.3, -0.25) is 14.5 Å². The van der Waals surface area contributed by atoms with Crippen LogP contribution in [0.25, 0.3) is 0 Å². The summed E-state index contributed by atoms with van der Waals surface area (Å²) in [7, 11) is 0. The average Bonchev–Trinajstić information content (AvgIpc) is 3.26. The first-order valence-electron chi connectivity index (χ1n) is 6.88. The van der Waals surface area contributed by atoms with Crippen molar-refractivity contribution < 1.29 is 4.79 Å². The van der Waals surface area contributed by atoms with E-state index in [2.05, 4.69) is 21.5 Å². The highest BCUT2D eigenvalue weighted by Gasteiger charge is 2.23. The molecule has 2 aromatic rings. The number of carbonyl (C=O) groups is 1. The number of pyridine rings is 1. The third-order valence-corrected chi connectivity index (χ3v) is 3.43. The van der Waals surface area contributed by atoms with Crippen molar-refractivity contribution in [3.63, 3.8) is 0 Å². The lowest BCUT2D eigenvalue weighted by atomic mass is 10.2. The fourth-order valence-corrected chi connectivity index (χ4v) is 2.10. The highest BCUT2D eigenvalue weighted by Crippen LogP contribution is 2.39. The van der Waals surface area contributed by atoms with Crippen molar-refractivity contribution in [3.8, 4) is 6.07 Å². The number of carbonyl (C=O) groups excluding carboxylic acids is 1. The van der Waals surface area contributed by atoms with Crippen LogP contribution in [0.4, 0.5) is 0 Å². The Morgan fingerprint density at radius 3 is 2.90 bits per heavy atom. The SMILES string of the molecule is N#Cc1cnn(CC(=O)NCc2ccc(C3CC3)cn2)c1. The lowest BCUT2D eigenvalue weighted by Crippen LogP contribution is -2.27. The molecule has 6 heteroatoms. The van der Waals surface area contributed by atoms with Crippen LogP contribution in [0.15, 0.2) is 30.7 Å². The van der Waals surface area contributed by atoms with E-state index in [0.29, 0.717) is 18.0 Å². The number of hydrogen-bond acceptors (Lipinski definition) is 4. The highest BCUT2D eigenvalue weighted by atomic mass is 16.2. The number of aromatic nitrogens is 3. The molecule has 1 aliphatic carbocycles. The summed E-state index contributed by atoms with van der Waals surface area (Å²) in [5.41, 5.74) is 2.57. The van der Waals surface area contributed by atoms with Crippen LogP contribution in [-0.2, 0) is 17.9 Å². The van der Waals surface area contributed by atoms with Crippen LogP contribution in [0.3, 0.4) is 0 Å². The maximum Gasteiger partial charge on any atom is 0.242 e. The van der Waals surface area contributed by atoms with Crippen molar-refractivity contribution >= 4 is 5.91 Å². The van der Waals surface area contributed by atoms with Gasteiger partial charge in [0.2, 0.25) is 5.91 Å². The van der Waals surface area contributed by atoms with Gasteiger partial charge >= 0.3 is 0 Å². The van der Waals surface area contributed by atoms with Gasteiger partial charge in [0, 0.05) is 12.4 Å². The van der Waals surface area contributed by atoms with Crippen LogP contribution >= 0.6 is 0 Å². The second-order valence-electron chi connectivity index (χ2n) is 5.17. The zero-order valence-electron chi connectivity index (χ0n) is 11.5. The standard InChI is InChI=1S/C15H15N5O/c16-5-11-6-19-20(9-11)10-15(21)18-8-14-4-3-13(7-17-14)12-1-2-12/h3-4,6-7,9,12H,1-2,8,10H2,(H,18,21). The molecule has 6 nitrogen and oxygen atoms in total. The van der Waals surface area contributed by atoms with Gasteiger partial charge in [-0.1, -0.05) is 6.07 Å². The van der Waals surface area contributed by atoms with Gasteiger partial charge in [0.05, 0.1) is 24.0 Å². The number of hydrogen-bond donors (Lipinski definition) is 1. The molecule has 0 atom stereocenters. The summed E-state index contributed by atoms with van der Waals surface area (Å²) in [5.74, 6) is 0.533. The molecule has 1 N–H and O–H groups in total. The predicted octanol–water partition coefficient (Wildman–Crippen LogP) is 1.34. The summed E-state index contributed by atoms with van der Waals surface area (Å²) in [6, 6.07) is 6.01. The first-order valence-corrected chi connectivity index (χ1v) is 6.88. The zero-order chi connectivity index (χ0) is 14.7. The van der Waals surface area contributed by atoms with E-state index >= 15 is 0 Å². The Hall–Kier alpha value is -2.68. The molecule has 0 spiro atoms. The minimum Gasteiger partial charge on any atom is -0.349 e. The molecule has 0 aliphatic heterocycles. The Bertz CT molecular complexity index is 679. The quantitative estimate of drug-likeness (QED) is 0.896. The van der Waals surface area contributed by atoms with E-state index in [4.69, 9.17) is 5.26 Å². The lowest BCUT2D eigenvalue weighted by Gasteiger charge is -2.05. The minimum atomic E-state index is -0.157. The number of nitrogens with one attached hydrogen (secondary N) is 1. The molecule has 2 heterocycles. The minimum absolute atomic E-state index is 0.0990. The molecular formula is C15H15N5O. The molecule has 0 bridgehead atoms. The summed E-state index contributed by atoms with van der Waals surface area (Å²) in [4.78, 5) is 16.1. The smallest absolute Gasteiger partial charge is 0.242 e. The van der Waals surface area contributed by atoms with Gasteiger partial charge in [0.25, 0.3) is 0 Å². The lowest BCUT2D eigenvalue weighted by molar-refractivity contribution is -0.122. The van der Waals surface area contributed by atoms with Crippen LogP contribution < -0.4 is 5.32 Å². The van der Waals surface area contributed by atoms with Gasteiger partial charge in [-0.2, -0.15) is 10.4 Å². The summed E-state index contributed by atoms with van der Waals surface area (Å²) in [6.45, 7) is 0.498. The van der Waals surface area contributed by atoms with E-state index in [1.54, 1.807) is 6.20 Å². The van der Waals surface area contributed by atoms with Gasteiger partial charge in [0.1, 0.15) is 12.6 Å². The topological polar surface area (TPSA) is 83.6 Å². The Balaban J connectivity index is 1.49. The molecule has 1 fully saturated rings. The van der Waals surface area contributed by atoms with Crippen molar-refractivity contribution in [1.29, 1.82) is 5.26 Å². The Kier molecular flexibility index (Phi) is 3.65. The predicted molar refractivity (Wildman–Crippen MR) is 75.0 cm³/mol. The first kappa shape index (κ1) is 13.3. The van der Waals surface area contributed by atoms with Crippen molar-refractivity contribution in [3.05, 3.63) is 47.5 Å². The summed E-state index contributed by atoms with van der Waals surface area (Å²) in [6.07, 6.45) is 7.39. The Morgan fingerprint density at radius 2 is 2.29 bits per heavy atom. The largest absolute Gasteiger partial charge is 0.349 e. The highest BCUT2D eigenvalue weighted by molar-refractivity contribution is 5.75. The third kappa shape index (κ3) is 3.45. The zero-order valence-corrected chi connectivity index (χ0v) is 11.5. The molecule has 0 unspecified atom stereocenters. The normalized spacial score (nSPS) is 13.7. The molecule has 0 radical (unpaired) electrons. The van der Waals surface area contributed by atoms with Gasteiger partial charge in [-0.25, -0.2) is 0 Å². The van der Waals surface area contributed by atoms with Gasteiger partial charge in [-0.05, 0) is 30.4 Å². The average molecular weight is 281 g/mol. The van der Waals surface area contributed by atoms with Crippen molar-refractivity contribution in [2.75, 3.05) is 0 Å². The van der Waals surface area contributed by atoms with Crippen LogP contribution in [0.5, 0.6) is 0 Å². The molecule has 0 saturated heterocycles. The molecule has 2 aromatic heterocycles. The van der Waals surface area contributed by atoms with E-state index in [9.17, 15) is 4.79 Å². The summed E-state index contributed by atoms with van der Waals surface area (Å²) < 4.78 is 1.44. The Labute approximate surface area is 122 Å². The molecule has 3 rings (SSSR count). The summed E-state index contributed by atoms with van der Waals surface area (Å²) >= 11 is 0. The van der Waals surface area contributed by atoms with Crippen molar-refractivity contribution in [1.82, 2.24) is 20.1 Å². The van der Waals surface area contributed by atoms with E-state index in [0.717, 1.165) is 5.69 Å². The van der Waals surface area contributed by atoms with Crippen LogP contribution in [0.2, 0.25) is 0 Å². The van der Waals surface area contributed by atoms with E-state index < -0.39 is 0 Å². The van der Waals surface area contributed by atoms with Crippen LogP contribution in [0, 0.1) is 11.3 Å². The second kappa shape index (κ2) is 5.75. The molecule has 1 aliphatic rings. The van der Waals surface area contributed by atoms with Crippen molar-refractivity contribution in [2.45, 2.75) is 31.8 Å². The van der Waals surface area contributed by atoms with E-state index in [-0.39, 0.29) is 12.5 Å². The van der Waals surface area contributed by atoms with Crippen molar-refractivity contribution in [2.24, 2.45) is 0 Å². The van der Waals surface area contributed by atoms with Gasteiger partial charge in [0.15, 0.2) is 0 Å². The van der Waals surface area contributed by atoms with Crippen LogP contribution in [-0.4, -0.2) is 20.7 Å². The number of rotatable bonds is 5. The molecule has 21 heavy (non-hydrogen) atoms. The molecule has 0 aromatic carbocycles.